The zero-order valence-corrected chi connectivity index (χ0v) is 23.6. The summed E-state index contributed by atoms with van der Waals surface area (Å²) in [4.78, 5) is 29.7. The van der Waals surface area contributed by atoms with Gasteiger partial charge in [0.15, 0.2) is 17.3 Å². The Morgan fingerprint density at radius 2 is 1.79 bits per heavy atom. The molecule has 1 aromatic carbocycles. The molecule has 0 spiro atoms. The smallest absolute Gasteiger partial charge is 0.231 e. The van der Waals surface area contributed by atoms with E-state index in [1.807, 2.05) is 45.0 Å². The van der Waals surface area contributed by atoms with Crippen LogP contribution < -0.4 is 14.8 Å². The van der Waals surface area contributed by atoms with Crippen molar-refractivity contribution in [3.63, 3.8) is 0 Å². The van der Waals surface area contributed by atoms with E-state index in [0.717, 1.165) is 43.1 Å². The number of methoxy groups -OCH3 is 1. The van der Waals surface area contributed by atoms with Gasteiger partial charge in [0, 0.05) is 24.1 Å². The minimum Gasteiger partial charge on any atom is -0.497 e. The van der Waals surface area contributed by atoms with Crippen LogP contribution in [0.5, 0.6) is 11.5 Å². The van der Waals surface area contributed by atoms with E-state index in [2.05, 4.69) is 17.1 Å². The van der Waals surface area contributed by atoms with Crippen LogP contribution in [0.4, 0.5) is 0 Å². The minimum atomic E-state index is -0.749. The van der Waals surface area contributed by atoms with Crippen LogP contribution in [0.1, 0.15) is 64.9 Å². The van der Waals surface area contributed by atoms with Gasteiger partial charge >= 0.3 is 0 Å². The fourth-order valence-corrected chi connectivity index (χ4v) is 5.08. The number of amides is 1. The molecular formula is C31H44N2O5. The van der Waals surface area contributed by atoms with Crippen molar-refractivity contribution in [1.29, 1.82) is 0 Å². The summed E-state index contributed by atoms with van der Waals surface area (Å²) >= 11 is 0. The maximum Gasteiger partial charge on any atom is 0.231 e. The molecule has 2 heterocycles. The molecule has 1 fully saturated rings. The predicted molar refractivity (Wildman–Crippen MR) is 151 cm³/mol. The number of fused-ring (bicyclic) bond motifs is 1. The van der Waals surface area contributed by atoms with Gasteiger partial charge in [-0.05, 0) is 82.1 Å². The lowest BCUT2D eigenvalue weighted by Gasteiger charge is -2.31. The van der Waals surface area contributed by atoms with E-state index >= 15 is 0 Å². The zero-order chi connectivity index (χ0) is 27.5. The number of ether oxygens (including phenoxy) is 3. The molecule has 1 amide bonds. The maximum absolute atomic E-state index is 13.7. The second kappa shape index (κ2) is 14.8. The molecule has 1 aromatic rings. The van der Waals surface area contributed by atoms with Gasteiger partial charge in [0.2, 0.25) is 5.91 Å². The molecule has 38 heavy (non-hydrogen) atoms. The molecule has 1 N–H and O–H groups in total. The highest BCUT2D eigenvalue weighted by Gasteiger charge is 2.32. The number of nitrogens with one attached hydrogen (secondary N) is 1. The Morgan fingerprint density at radius 1 is 1.08 bits per heavy atom. The van der Waals surface area contributed by atoms with Crippen LogP contribution in [0, 0.1) is 5.92 Å². The number of likely N-dealkylation sites (tertiary alicyclic amines) is 1. The van der Waals surface area contributed by atoms with Crippen molar-refractivity contribution in [2.75, 3.05) is 40.0 Å². The Balaban J connectivity index is 1.82. The number of allylic oxidation sites excluding steroid dienone is 5. The number of rotatable bonds is 13. The van der Waals surface area contributed by atoms with Gasteiger partial charge in [0.05, 0.1) is 7.11 Å². The van der Waals surface area contributed by atoms with Crippen molar-refractivity contribution in [2.45, 2.75) is 65.3 Å². The summed E-state index contributed by atoms with van der Waals surface area (Å²) in [6.45, 7) is 11.7. The molecule has 0 bridgehead atoms. The number of Topliss-reactive ketones (excluding diaryl/α,β-unsaturated/α-hetero) is 1. The first-order valence-corrected chi connectivity index (χ1v) is 13.9. The van der Waals surface area contributed by atoms with E-state index in [4.69, 9.17) is 14.2 Å². The van der Waals surface area contributed by atoms with Gasteiger partial charge in [-0.3, -0.25) is 9.59 Å². The average molecular weight is 525 g/mol. The Hall–Kier alpha value is -3.06. The van der Waals surface area contributed by atoms with Gasteiger partial charge < -0.3 is 24.4 Å². The molecule has 7 nitrogen and oxygen atoms in total. The summed E-state index contributed by atoms with van der Waals surface area (Å²) in [5.74, 6) is 1.05. The SMILES string of the molecule is C\C=C(/C=C\C(=C/C)C(=O)C(CCC)C(=O)NC(CN1CCCC1)C(C)c1ccc2c(c1)OCCO2)OC. The number of ketones is 1. The Morgan fingerprint density at radius 3 is 2.42 bits per heavy atom. The number of carbonyl (C=O) groups excluding carboxylic acids is 2. The van der Waals surface area contributed by atoms with Crippen molar-refractivity contribution in [2.24, 2.45) is 5.92 Å². The van der Waals surface area contributed by atoms with Crippen LogP contribution in [-0.4, -0.2) is 62.6 Å². The van der Waals surface area contributed by atoms with Gasteiger partial charge in [0.25, 0.3) is 0 Å². The van der Waals surface area contributed by atoms with Gasteiger partial charge in [-0.25, -0.2) is 0 Å². The lowest BCUT2D eigenvalue weighted by molar-refractivity contribution is -0.133. The van der Waals surface area contributed by atoms with Crippen molar-refractivity contribution < 1.29 is 23.8 Å². The monoisotopic (exact) mass is 524 g/mol. The maximum atomic E-state index is 13.7. The molecule has 0 saturated carbocycles. The summed E-state index contributed by atoms with van der Waals surface area (Å²) in [5, 5.41) is 3.29. The topological polar surface area (TPSA) is 77.1 Å². The minimum absolute atomic E-state index is 0.0211. The first-order chi connectivity index (χ1) is 18.4. The molecule has 7 heteroatoms. The Bertz CT molecular complexity index is 1040. The molecule has 3 unspecified atom stereocenters. The van der Waals surface area contributed by atoms with Crippen LogP contribution in [0.25, 0.3) is 0 Å². The third-order valence-corrected chi connectivity index (χ3v) is 7.43. The predicted octanol–water partition coefficient (Wildman–Crippen LogP) is 5.18. The third kappa shape index (κ3) is 7.73. The third-order valence-electron chi connectivity index (χ3n) is 7.43. The van der Waals surface area contributed by atoms with Crippen molar-refractivity contribution in [1.82, 2.24) is 10.2 Å². The van der Waals surface area contributed by atoms with Crippen molar-refractivity contribution in [3.05, 3.63) is 59.4 Å². The molecular weight excluding hydrogens is 480 g/mol. The number of hydrogen-bond acceptors (Lipinski definition) is 6. The Kier molecular flexibility index (Phi) is 11.5. The summed E-state index contributed by atoms with van der Waals surface area (Å²) < 4.78 is 16.8. The second-order valence-corrected chi connectivity index (χ2v) is 9.99. The van der Waals surface area contributed by atoms with Gasteiger partial charge in [-0.2, -0.15) is 0 Å². The van der Waals surface area contributed by atoms with Crippen molar-refractivity contribution >= 4 is 11.7 Å². The van der Waals surface area contributed by atoms with Crippen LogP contribution in [0.3, 0.4) is 0 Å². The number of nitrogens with zero attached hydrogens (tertiary/aromatic N) is 1. The summed E-state index contributed by atoms with van der Waals surface area (Å²) in [6.07, 6.45) is 10.6. The largest absolute Gasteiger partial charge is 0.497 e. The van der Waals surface area contributed by atoms with E-state index in [1.54, 1.807) is 25.3 Å². The molecule has 208 valence electrons. The molecule has 3 rings (SSSR count). The van der Waals surface area contributed by atoms with E-state index in [9.17, 15) is 9.59 Å². The van der Waals surface area contributed by atoms with E-state index in [0.29, 0.717) is 31.0 Å². The number of carbonyl (C=O) groups is 2. The molecule has 0 radical (unpaired) electrons. The number of benzene rings is 1. The average Bonchev–Trinajstić information content (AvgIpc) is 3.46. The zero-order valence-electron chi connectivity index (χ0n) is 23.6. The number of hydrogen-bond donors (Lipinski definition) is 1. The second-order valence-electron chi connectivity index (χ2n) is 9.99. The lowest BCUT2D eigenvalue weighted by atomic mass is 9.89. The van der Waals surface area contributed by atoms with Crippen LogP contribution in [-0.2, 0) is 14.3 Å². The van der Waals surface area contributed by atoms with Crippen LogP contribution in [0.15, 0.2) is 53.8 Å². The molecule has 1 saturated heterocycles. The van der Waals surface area contributed by atoms with Gasteiger partial charge in [-0.1, -0.05) is 32.4 Å². The highest BCUT2D eigenvalue weighted by molar-refractivity contribution is 6.11. The standard InChI is InChI=1S/C31H44N2O5/c1-6-11-26(30(34)23(7-2)12-14-25(8-3)36-5)31(35)32-27(21-33-16-9-10-17-33)22(4)24-13-15-28-29(20-24)38-19-18-37-28/h7-8,12-15,20,22,26-27H,6,9-11,16-19,21H2,1-5H3,(H,32,35)/b14-12-,23-7+,25-8+. The highest BCUT2D eigenvalue weighted by atomic mass is 16.6. The lowest BCUT2D eigenvalue weighted by Crippen LogP contribution is -2.49. The molecule has 2 aliphatic rings. The van der Waals surface area contributed by atoms with Gasteiger partial charge in [0.1, 0.15) is 24.9 Å². The van der Waals surface area contributed by atoms with Gasteiger partial charge in [-0.15, -0.1) is 0 Å². The highest BCUT2D eigenvalue weighted by Crippen LogP contribution is 2.34. The quantitative estimate of drug-likeness (QED) is 0.166. The molecule has 0 aromatic heterocycles. The fraction of sp³-hybridized carbons (Fsp3) is 0.548. The van der Waals surface area contributed by atoms with E-state index < -0.39 is 5.92 Å². The molecule has 0 aliphatic carbocycles. The molecule has 3 atom stereocenters. The van der Waals surface area contributed by atoms with Crippen LogP contribution >= 0.6 is 0 Å². The Labute approximate surface area is 227 Å². The summed E-state index contributed by atoms with van der Waals surface area (Å²) in [7, 11) is 1.59. The van der Waals surface area contributed by atoms with E-state index in [-0.39, 0.29) is 23.7 Å². The molecule has 2 aliphatic heterocycles. The van der Waals surface area contributed by atoms with Crippen molar-refractivity contribution in [3.8, 4) is 11.5 Å². The summed E-state index contributed by atoms with van der Waals surface area (Å²) in [5.41, 5.74) is 1.58. The first kappa shape index (κ1) is 29.5. The summed E-state index contributed by atoms with van der Waals surface area (Å²) in [6, 6.07) is 5.87. The normalized spacial score (nSPS) is 18.8. The van der Waals surface area contributed by atoms with E-state index in [1.165, 1.54) is 12.8 Å². The van der Waals surface area contributed by atoms with Crippen LogP contribution in [0.2, 0.25) is 0 Å². The first-order valence-electron chi connectivity index (χ1n) is 13.9. The fourth-order valence-electron chi connectivity index (χ4n) is 5.08.